The maximum Gasteiger partial charge on any atom is 0.317 e. The van der Waals surface area contributed by atoms with Crippen molar-refractivity contribution >= 4 is 27.9 Å². The van der Waals surface area contributed by atoms with E-state index in [0.717, 1.165) is 30.4 Å². The first-order valence-electron chi connectivity index (χ1n) is 7.11. The Bertz CT molecular complexity index is 558. The number of amides is 3. The van der Waals surface area contributed by atoms with Crippen LogP contribution in [0.4, 0.5) is 4.79 Å². The molecule has 0 unspecified atom stereocenters. The summed E-state index contributed by atoms with van der Waals surface area (Å²) in [5, 5.41) is 2.82. The smallest absolute Gasteiger partial charge is 0.317 e. The Balaban J connectivity index is 1.62. The third-order valence-electron chi connectivity index (χ3n) is 4.04. The van der Waals surface area contributed by atoms with Crippen molar-refractivity contribution in [2.45, 2.75) is 18.9 Å². The van der Waals surface area contributed by atoms with Crippen LogP contribution in [-0.2, 0) is 0 Å². The minimum absolute atomic E-state index is 0.0206. The zero-order chi connectivity index (χ0) is 14.8. The Morgan fingerprint density at radius 3 is 2.71 bits per heavy atom. The Hall–Kier alpha value is -1.63. The van der Waals surface area contributed by atoms with Gasteiger partial charge in [-0.25, -0.2) is 9.78 Å². The molecule has 0 aromatic carbocycles. The van der Waals surface area contributed by atoms with Crippen molar-refractivity contribution in [1.82, 2.24) is 20.1 Å². The minimum Gasteiger partial charge on any atom is -0.337 e. The summed E-state index contributed by atoms with van der Waals surface area (Å²) in [6, 6.07) is 3.87. The summed E-state index contributed by atoms with van der Waals surface area (Å²) in [6.45, 7) is 2.81. The number of likely N-dealkylation sites (tertiary alicyclic amines) is 1. The largest absolute Gasteiger partial charge is 0.337 e. The highest BCUT2D eigenvalue weighted by Gasteiger charge is 2.32. The van der Waals surface area contributed by atoms with E-state index in [1.165, 1.54) is 0 Å². The first-order chi connectivity index (χ1) is 10.2. The lowest BCUT2D eigenvalue weighted by atomic mass is 10.0. The fourth-order valence-electron chi connectivity index (χ4n) is 2.91. The third kappa shape index (κ3) is 2.88. The van der Waals surface area contributed by atoms with E-state index in [-0.39, 0.29) is 18.0 Å². The fourth-order valence-corrected chi connectivity index (χ4v) is 3.33. The predicted molar refractivity (Wildman–Crippen MR) is 81.0 cm³/mol. The quantitative estimate of drug-likeness (QED) is 0.876. The summed E-state index contributed by atoms with van der Waals surface area (Å²) in [5.74, 6) is -0.0493. The first kappa shape index (κ1) is 14.3. The Labute approximate surface area is 131 Å². The van der Waals surface area contributed by atoms with Crippen LogP contribution in [0.5, 0.6) is 0 Å². The van der Waals surface area contributed by atoms with Crippen LogP contribution in [0.2, 0.25) is 0 Å². The van der Waals surface area contributed by atoms with Gasteiger partial charge < -0.3 is 15.1 Å². The molecule has 0 spiro atoms. The van der Waals surface area contributed by atoms with E-state index in [9.17, 15) is 9.59 Å². The molecule has 2 saturated heterocycles. The number of urea groups is 1. The van der Waals surface area contributed by atoms with Gasteiger partial charge in [-0.2, -0.15) is 0 Å². The summed E-state index contributed by atoms with van der Waals surface area (Å²) in [6.07, 6.45) is 3.27. The molecule has 0 aliphatic carbocycles. The summed E-state index contributed by atoms with van der Waals surface area (Å²) in [5.41, 5.74) is 0.454. The van der Waals surface area contributed by atoms with Gasteiger partial charge in [0.15, 0.2) is 0 Å². The van der Waals surface area contributed by atoms with Gasteiger partial charge in [-0.1, -0.05) is 0 Å². The van der Waals surface area contributed by atoms with Crippen LogP contribution in [-0.4, -0.2) is 58.9 Å². The van der Waals surface area contributed by atoms with Crippen LogP contribution in [0, 0.1) is 0 Å². The maximum atomic E-state index is 12.5. The molecular weight excluding hydrogens is 336 g/mol. The number of carbonyl (C=O) groups excluding carboxylic acids is 2. The average Bonchev–Trinajstić information content (AvgIpc) is 2.93. The Kier molecular flexibility index (Phi) is 4.10. The minimum atomic E-state index is -0.0493. The highest BCUT2D eigenvalue weighted by Crippen LogP contribution is 2.21. The number of carbonyl (C=O) groups is 2. The van der Waals surface area contributed by atoms with E-state index in [4.69, 9.17) is 0 Å². The first-order valence-corrected chi connectivity index (χ1v) is 7.90. The highest BCUT2D eigenvalue weighted by atomic mass is 79.9. The van der Waals surface area contributed by atoms with E-state index >= 15 is 0 Å². The molecular formula is C14H17BrN4O2. The SMILES string of the molecule is O=C(c1ncccc1Br)N1CCC(N2CCNC2=O)CC1. The summed E-state index contributed by atoms with van der Waals surface area (Å²) in [4.78, 5) is 32.0. The van der Waals surface area contributed by atoms with Crippen molar-refractivity contribution in [2.24, 2.45) is 0 Å². The number of hydrogen-bond acceptors (Lipinski definition) is 3. The van der Waals surface area contributed by atoms with Gasteiger partial charge in [0.05, 0.1) is 0 Å². The standard InChI is InChI=1S/C14H17BrN4O2/c15-11-2-1-5-16-12(11)13(20)18-7-3-10(4-8-18)19-9-6-17-14(19)21/h1-2,5,10H,3-4,6-9H2,(H,17,21). The number of halogens is 1. The molecule has 7 heteroatoms. The van der Waals surface area contributed by atoms with E-state index in [1.807, 2.05) is 15.9 Å². The summed E-state index contributed by atoms with van der Waals surface area (Å²) >= 11 is 3.37. The van der Waals surface area contributed by atoms with Crippen LogP contribution in [0.3, 0.4) is 0 Å². The Morgan fingerprint density at radius 1 is 1.33 bits per heavy atom. The van der Waals surface area contributed by atoms with Gasteiger partial charge in [0.25, 0.3) is 5.91 Å². The van der Waals surface area contributed by atoms with Crippen molar-refractivity contribution in [2.75, 3.05) is 26.2 Å². The molecule has 6 nitrogen and oxygen atoms in total. The zero-order valence-corrected chi connectivity index (χ0v) is 13.2. The van der Waals surface area contributed by atoms with Crippen LogP contribution >= 0.6 is 15.9 Å². The second kappa shape index (κ2) is 6.01. The second-order valence-corrected chi connectivity index (χ2v) is 6.14. The molecule has 0 bridgehead atoms. The van der Waals surface area contributed by atoms with Gasteiger partial charge >= 0.3 is 6.03 Å². The average molecular weight is 353 g/mol. The van der Waals surface area contributed by atoms with Gasteiger partial charge in [-0.3, -0.25) is 4.79 Å². The number of aromatic nitrogens is 1. The lowest BCUT2D eigenvalue weighted by Gasteiger charge is -2.36. The van der Waals surface area contributed by atoms with Crippen LogP contribution in [0.1, 0.15) is 23.3 Å². The molecule has 1 aromatic rings. The van der Waals surface area contributed by atoms with Gasteiger partial charge in [0.1, 0.15) is 5.69 Å². The van der Waals surface area contributed by atoms with Crippen molar-refractivity contribution in [1.29, 1.82) is 0 Å². The molecule has 0 saturated carbocycles. The van der Waals surface area contributed by atoms with Crippen LogP contribution < -0.4 is 5.32 Å². The van der Waals surface area contributed by atoms with E-state index in [2.05, 4.69) is 26.2 Å². The number of pyridine rings is 1. The topological polar surface area (TPSA) is 65.5 Å². The molecule has 1 aromatic heterocycles. The lowest BCUT2D eigenvalue weighted by Crippen LogP contribution is -2.47. The van der Waals surface area contributed by atoms with E-state index in [0.29, 0.717) is 18.8 Å². The molecule has 2 aliphatic heterocycles. The normalized spacial score (nSPS) is 19.8. The molecule has 2 aliphatic rings. The van der Waals surface area contributed by atoms with Crippen LogP contribution in [0.15, 0.2) is 22.8 Å². The molecule has 1 N–H and O–H groups in total. The van der Waals surface area contributed by atoms with Crippen LogP contribution in [0.25, 0.3) is 0 Å². The summed E-state index contributed by atoms with van der Waals surface area (Å²) in [7, 11) is 0. The molecule has 112 valence electrons. The van der Waals surface area contributed by atoms with Crippen molar-refractivity contribution in [3.63, 3.8) is 0 Å². The fraction of sp³-hybridized carbons (Fsp3) is 0.500. The second-order valence-electron chi connectivity index (χ2n) is 5.28. The molecule has 3 amide bonds. The van der Waals surface area contributed by atoms with Crippen molar-refractivity contribution in [3.05, 3.63) is 28.5 Å². The number of hydrogen-bond donors (Lipinski definition) is 1. The summed E-state index contributed by atoms with van der Waals surface area (Å²) < 4.78 is 0.719. The van der Waals surface area contributed by atoms with E-state index < -0.39 is 0 Å². The monoisotopic (exact) mass is 352 g/mol. The van der Waals surface area contributed by atoms with Gasteiger partial charge in [0, 0.05) is 42.9 Å². The third-order valence-corrected chi connectivity index (χ3v) is 4.68. The number of piperidine rings is 1. The molecule has 3 rings (SSSR count). The Morgan fingerprint density at radius 2 is 2.10 bits per heavy atom. The van der Waals surface area contributed by atoms with Gasteiger partial charge in [0.2, 0.25) is 0 Å². The molecule has 21 heavy (non-hydrogen) atoms. The lowest BCUT2D eigenvalue weighted by molar-refractivity contribution is 0.0659. The van der Waals surface area contributed by atoms with Gasteiger partial charge in [-0.05, 0) is 40.9 Å². The highest BCUT2D eigenvalue weighted by molar-refractivity contribution is 9.10. The van der Waals surface area contributed by atoms with Crippen molar-refractivity contribution < 1.29 is 9.59 Å². The molecule has 0 radical (unpaired) electrons. The number of nitrogens with zero attached hydrogens (tertiary/aromatic N) is 3. The molecule has 2 fully saturated rings. The number of nitrogens with one attached hydrogen (secondary N) is 1. The van der Waals surface area contributed by atoms with E-state index in [1.54, 1.807) is 12.3 Å². The predicted octanol–water partition coefficient (Wildman–Crippen LogP) is 1.47. The van der Waals surface area contributed by atoms with Gasteiger partial charge in [-0.15, -0.1) is 0 Å². The number of rotatable bonds is 2. The molecule has 0 atom stereocenters. The molecule has 3 heterocycles. The maximum absolute atomic E-state index is 12.5. The van der Waals surface area contributed by atoms with Crippen molar-refractivity contribution in [3.8, 4) is 0 Å². The zero-order valence-electron chi connectivity index (χ0n) is 11.6.